The zero-order chi connectivity index (χ0) is 20.5. The largest absolute Gasteiger partial charge is 0.451 e. The van der Waals surface area contributed by atoms with Crippen LogP contribution in [0.1, 0.15) is 36.9 Å². The van der Waals surface area contributed by atoms with E-state index in [4.69, 9.17) is 25.5 Å². The van der Waals surface area contributed by atoms with Crippen LogP contribution < -0.4 is 5.32 Å². The molecule has 1 aromatic heterocycles. The van der Waals surface area contributed by atoms with Crippen molar-refractivity contribution < 1.29 is 23.5 Å². The smallest absolute Gasteiger partial charge is 0.407 e. The van der Waals surface area contributed by atoms with Crippen molar-refractivity contribution in [3.05, 3.63) is 34.5 Å². The minimum Gasteiger partial charge on any atom is -0.451 e. The number of alkyl carbamates (subject to hydrolysis) is 1. The molecule has 152 valence electrons. The fourth-order valence-electron chi connectivity index (χ4n) is 3.08. The van der Waals surface area contributed by atoms with Crippen molar-refractivity contribution in [3.8, 4) is 0 Å². The molecule has 7 nitrogen and oxygen atoms in total. The number of morpholine rings is 1. The number of carbonyl (C=O) groups is 2. The molecular formula is C20H25ClN2O5. The van der Waals surface area contributed by atoms with Crippen molar-refractivity contribution in [1.29, 1.82) is 0 Å². The van der Waals surface area contributed by atoms with Gasteiger partial charge in [0.25, 0.3) is 5.91 Å². The molecule has 0 bridgehead atoms. The molecule has 3 rings (SSSR count). The summed E-state index contributed by atoms with van der Waals surface area (Å²) in [6.07, 6.45) is -0.825. The Morgan fingerprint density at radius 2 is 2.11 bits per heavy atom. The maximum Gasteiger partial charge on any atom is 0.407 e. The van der Waals surface area contributed by atoms with Gasteiger partial charge in [0.1, 0.15) is 11.2 Å². The molecule has 2 aromatic rings. The summed E-state index contributed by atoms with van der Waals surface area (Å²) in [5, 5.41) is 4.10. The van der Waals surface area contributed by atoms with E-state index in [2.05, 4.69) is 5.32 Å². The number of furan rings is 1. The van der Waals surface area contributed by atoms with E-state index in [9.17, 15) is 9.59 Å². The molecule has 0 spiro atoms. The molecule has 8 heteroatoms. The molecule has 1 N–H and O–H groups in total. The number of benzene rings is 1. The van der Waals surface area contributed by atoms with Gasteiger partial charge in [0.15, 0.2) is 5.76 Å². The standard InChI is InChI=1S/C20H25ClN2O5/c1-12-15-9-13(21)5-6-16(15)27-17(12)18(24)23-7-8-26-14(11-23)10-22-19(25)28-20(2,3)4/h5-6,9,14H,7-8,10-11H2,1-4H3,(H,22,25)/t14-/m1/s1. The molecule has 2 heterocycles. The first-order valence-electron chi connectivity index (χ1n) is 9.20. The molecule has 0 saturated carbocycles. The monoisotopic (exact) mass is 408 g/mol. The Labute approximate surface area is 168 Å². The van der Waals surface area contributed by atoms with Gasteiger partial charge >= 0.3 is 6.09 Å². The summed E-state index contributed by atoms with van der Waals surface area (Å²) in [4.78, 5) is 26.5. The van der Waals surface area contributed by atoms with Gasteiger partial charge in [-0.25, -0.2) is 4.79 Å². The summed E-state index contributed by atoms with van der Waals surface area (Å²) < 4.78 is 16.7. The fraction of sp³-hybridized carbons (Fsp3) is 0.500. The minimum atomic E-state index is -0.568. The zero-order valence-electron chi connectivity index (χ0n) is 16.5. The molecule has 2 amide bonds. The average molecular weight is 409 g/mol. The van der Waals surface area contributed by atoms with Crippen LogP contribution in [0.2, 0.25) is 5.02 Å². The van der Waals surface area contributed by atoms with Crippen molar-refractivity contribution >= 4 is 34.6 Å². The van der Waals surface area contributed by atoms with E-state index in [-0.39, 0.29) is 18.6 Å². The van der Waals surface area contributed by atoms with E-state index >= 15 is 0 Å². The second-order valence-corrected chi connectivity index (χ2v) is 8.26. The number of fused-ring (bicyclic) bond motifs is 1. The lowest BCUT2D eigenvalue weighted by Gasteiger charge is -2.32. The number of ether oxygens (including phenoxy) is 2. The van der Waals surface area contributed by atoms with Crippen LogP contribution in [0.4, 0.5) is 4.79 Å². The van der Waals surface area contributed by atoms with E-state index in [1.165, 1.54) is 0 Å². The first-order chi connectivity index (χ1) is 13.1. The molecule has 0 radical (unpaired) electrons. The number of nitrogens with one attached hydrogen (secondary N) is 1. The second kappa shape index (κ2) is 8.01. The number of hydrogen-bond donors (Lipinski definition) is 1. The molecule has 0 aliphatic carbocycles. The highest BCUT2D eigenvalue weighted by Gasteiger charge is 2.29. The molecule has 1 aliphatic heterocycles. The Morgan fingerprint density at radius 1 is 1.36 bits per heavy atom. The van der Waals surface area contributed by atoms with Gasteiger partial charge in [-0.1, -0.05) is 11.6 Å². The summed E-state index contributed by atoms with van der Waals surface area (Å²) in [6, 6.07) is 5.28. The van der Waals surface area contributed by atoms with Crippen LogP contribution in [-0.2, 0) is 9.47 Å². The SMILES string of the molecule is Cc1c(C(=O)N2CCO[C@H](CNC(=O)OC(C)(C)C)C2)oc2ccc(Cl)cc12. The van der Waals surface area contributed by atoms with Gasteiger partial charge in [0.2, 0.25) is 0 Å². The van der Waals surface area contributed by atoms with E-state index in [1.54, 1.807) is 43.9 Å². The number of aryl methyl sites for hydroxylation is 1. The third kappa shape index (κ3) is 4.77. The molecule has 1 atom stereocenters. The zero-order valence-corrected chi connectivity index (χ0v) is 17.3. The molecular weight excluding hydrogens is 384 g/mol. The summed E-state index contributed by atoms with van der Waals surface area (Å²) in [7, 11) is 0. The summed E-state index contributed by atoms with van der Waals surface area (Å²) in [5.41, 5.74) is 0.820. The highest BCUT2D eigenvalue weighted by Crippen LogP contribution is 2.29. The predicted molar refractivity (Wildman–Crippen MR) is 106 cm³/mol. The summed E-state index contributed by atoms with van der Waals surface area (Å²) in [6.45, 7) is 8.69. The predicted octanol–water partition coefficient (Wildman–Crippen LogP) is 3.76. The van der Waals surface area contributed by atoms with Crippen LogP contribution >= 0.6 is 11.6 Å². The van der Waals surface area contributed by atoms with Gasteiger partial charge in [-0.3, -0.25) is 4.79 Å². The number of amides is 2. The Bertz CT molecular complexity index is 887. The Kier molecular flexibility index (Phi) is 5.86. The van der Waals surface area contributed by atoms with Gasteiger partial charge in [0, 0.05) is 35.6 Å². The molecule has 0 unspecified atom stereocenters. The van der Waals surface area contributed by atoms with Crippen molar-refractivity contribution in [2.45, 2.75) is 39.4 Å². The quantitative estimate of drug-likeness (QED) is 0.836. The topological polar surface area (TPSA) is 81.0 Å². The maximum absolute atomic E-state index is 13.0. The number of nitrogens with zero attached hydrogens (tertiary/aromatic N) is 1. The second-order valence-electron chi connectivity index (χ2n) is 7.82. The highest BCUT2D eigenvalue weighted by molar-refractivity contribution is 6.31. The van der Waals surface area contributed by atoms with Gasteiger partial charge < -0.3 is 24.1 Å². The number of rotatable bonds is 3. The van der Waals surface area contributed by atoms with Crippen LogP contribution in [0, 0.1) is 6.92 Å². The van der Waals surface area contributed by atoms with E-state index < -0.39 is 11.7 Å². The normalized spacial score (nSPS) is 17.6. The maximum atomic E-state index is 13.0. The van der Waals surface area contributed by atoms with Gasteiger partial charge in [0.05, 0.1) is 12.7 Å². The Balaban J connectivity index is 1.65. The van der Waals surface area contributed by atoms with Crippen molar-refractivity contribution in [2.24, 2.45) is 0 Å². The number of halogens is 1. The third-order valence-electron chi connectivity index (χ3n) is 4.39. The fourth-order valence-corrected chi connectivity index (χ4v) is 3.25. The van der Waals surface area contributed by atoms with Crippen LogP contribution in [0.3, 0.4) is 0 Å². The van der Waals surface area contributed by atoms with Crippen molar-refractivity contribution in [2.75, 3.05) is 26.2 Å². The van der Waals surface area contributed by atoms with E-state index in [1.807, 2.05) is 6.92 Å². The van der Waals surface area contributed by atoms with Gasteiger partial charge in [-0.05, 0) is 45.9 Å². The van der Waals surface area contributed by atoms with Crippen LogP contribution in [0.15, 0.2) is 22.6 Å². The molecule has 1 aliphatic rings. The van der Waals surface area contributed by atoms with Crippen molar-refractivity contribution in [1.82, 2.24) is 10.2 Å². The lowest BCUT2D eigenvalue weighted by molar-refractivity contribution is -0.0227. The molecule has 1 aromatic carbocycles. The van der Waals surface area contributed by atoms with Gasteiger partial charge in [-0.2, -0.15) is 0 Å². The highest BCUT2D eigenvalue weighted by atomic mass is 35.5. The van der Waals surface area contributed by atoms with E-state index in [0.717, 1.165) is 10.9 Å². The lowest BCUT2D eigenvalue weighted by Crippen LogP contribution is -2.50. The lowest BCUT2D eigenvalue weighted by atomic mass is 10.1. The molecule has 1 saturated heterocycles. The molecule has 1 fully saturated rings. The third-order valence-corrected chi connectivity index (χ3v) is 4.63. The van der Waals surface area contributed by atoms with Gasteiger partial charge in [-0.15, -0.1) is 0 Å². The number of hydrogen-bond acceptors (Lipinski definition) is 5. The summed E-state index contributed by atoms with van der Waals surface area (Å²) in [5.74, 6) is 0.105. The van der Waals surface area contributed by atoms with Crippen LogP contribution in [0.5, 0.6) is 0 Å². The first-order valence-corrected chi connectivity index (χ1v) is 9.58. The van der Waals surface area contributed by atoms with Crippen LogP contribution in [-0.4, -0.2) is 54.8 Å². The van der Waals surface area contributed by atoms with Crippen molar-refractivity contribution in [3.63, 3.8) is 0 Å². The van der Waals surface area contributed by atoms with E-state index in [0.29, 0.717) is 36.1 Å². The summed E-state index contributed by atoms with van der Waals surface area (Å²) >= 11 is 6.05. The minimum absolute atomic E-state index is 0.199. The average Bonchev–Trinajstić information content (AvgIpc) is 2.94. The number of carbonyl (C=O) groups excluding carboxylic acids is 2. The Hall–Kier alpha value is -2.25. The van der Waals surface area contributed by atoms with Crippen LogP contribution in [0.25, 0.3) is 11.0 Å². The first kappa shape index (κ1) is 20.5. The molecule has 28 heavy (non-hydrogen) atoms. The Morgan fingerprint density at radius 3 is 2.82 bits per heavy atom.